The molecular weight excluding hydrogens is 271 g/mol. The molecule has 96 valence electrons. The van der Waals surface area contributed by atoms with Gasteiger partial charge in [0, 0.05) is 16.2 Å². The van der Waals surface area contributed by atoms with E-state index in [-0.39, 0.29) is 16.8 Å². The van der Waals surface area contributed by atoms with Gasteiger partial charge in [-0.3, -0.25) is 0 Å². The van der Waals surface area contributed by atoms with E-state index in [2.05, 4.69) is 10.2 Å². The number of phenols is 1. The molecule has 0 bridgehead atoms. The van der Waals surface area contributed by atoms with Crippen LogP contribution in [0.1, 0.15) is 0 Å². The third-order valence-electron chi connectivity index (χ3n) is 2.94. The standard InChI is InChI=1S/C13H8ClFN2O2/c1-19-13-11-8-4-6(15)2-3-7(8)10(18)5-9(11)12(14)16-17-13/h2-5,18H,1H3. The second kappa shape index (κ2) is 4.20. The lowest BCUT2D eigenvalue weighted by Crippen LogP contribution is -1.94. The minimum atomic E-state index is -0.422. The van der Waals surface area contributed by atoms with Crippen LogP contribution in [0.3, 0.4) is 0 Å². The van der Waals surface area contributed by atoms with Crippen LogP contribution in [0.25, 0.3) is 21.5 Å². The van der Waals surface area contributed by atoms with Gasteiger partial charge >= 0.3 is 0 Å². The SMILES string of the molecule is COc1nnc(Cl)c2cc(O)c3ccc(F)cc3c12. The van der Waals surface area contributed by atoms with Crippen molar-refractivity contribution in [3.05, 3.63) is 35.2 Å². The first-order valence-electron chi connectivity index (χ1n) is 5.43. The van der Waals surface area contributed by atoms with E-state index in [1.54, 1.807) is 0 Å². The van der Waals surface area contributed by atoms with Gasteiger partial charge in [-0.15, -0.1) is 10.2 Å². The van der Waals surface area contributed by atoms with Gasteiger partial charge in [0.15, 0.2) is 5.15 Å². The number of hydrogen-bond donors (Lipinski definition) is 1. The molecule has 0 unspecified atom stereocenters. The van der Waals surface area contributed by atoms with Crippen LogP contribution < -0.4 is 4.74 Å². The first kappa shape index (κ1) is 11.9. The number of halogens is 2. The van der Waals surface area contributed by atoms with E-state index < -0.39 is 5.82 Å². The largest absolute Gasteiger partial charge is 0.507 e. The van der Waals surface area contributed by atoms with Crippen LogP contribution in [-0.2, 0) is 0 Å². The fourth-order valence-electron chi connectivity index (χ4n) is 2.11. The fourth-order valence-corrected chi connectivity index (χ4v) is 2.29. The maximum atomic E-state index is 13.4. The van der Waals surface area contributed by atoms with Crippen LogP contribution in [-0.4, -0.2) is 22.4 Å². The molecule has 0 amide bonds. The number of benzene rings is 2. The summed E-state index contributed by atoms with van der Waals surface area (Å²) in [7, 11) is 1.44. The highest BCUT2D eigenvalue weighted by Crippen LogP contribution is 2.38. The molecule has 1 N–H and O–H groups in total. The highest BCUT2D eigenvalue weighted by molar-refractivity contribution is 6.35. The van der Waals surface area contributed by atoms with Crippen molar-refractivity contribution in [3.63, 3.8) is 0 Å². The highest BCUT2D eigenvalue weighted by atomic mass is 35.5. The van der Waals surface area contributed by atoms with Crippen LogP contribution in [0.2, 0.25) is 5.15 Å². The summed E-state index contributed by atoms with van der Waals surface area (Å²) in [4.78, 5) is 0. The Labute approximate surface area is 112 Å². The molecule has 4 nitrogen and oxygen atoms in total. The van der Waals surface area contributed by atoms with Crippen molar-refractivity contribution < 1.29 is 14.2 Å². The second-order valence-electron chi connectivity index (χ2n) is 4.01. The Morgan fingerprint density at radius 2 is 1.95 bits per heavy atom. The first-order chi connectivity index (χ1) is 9.11. The summed E-state index contributed by atoms with van der Waals surface area (Å²) < 4.78 is 18.6. The molecule has 0 fully saturated rings. The predicted octanol–water partition coefficient (Wildman–Crippen LogP) is 3.29. The van der Waals surface area contributed by atoms with E-state index in [0.29, 0.717) is 21.5 Å². The van der Waals surface area contributed by atoms with E-state index in [9.17, 15) is 9.50 Å². The van der Waals surface area contributed by atoms with Gasteiger partial charge in [-0.2, -0.15) is 0 Å². The molecular formula is C13H8ClFN2O2. The number of rotatable bonds is 1. The zero-order valence-corrected chi connectivity index (χ0v) is 10.6. The van der Waals surface area contributed by atoms with E-state index in [0.717, 1.165) is 0 Å². The minimum Gasteiger partial charge on any atom is -0.507 e. The Morgan fingerprint density at radius 3 is 2.68 bits per heavy atom. The molecule has 3 aromatic rings. The monoisotopic (exact) mass is 278 g/mol. The van der Waals surface area contributed by atoms with Crippen molar-refractivity contribution in [2.45, 2.75) is 0 Å². The molecule has 0 saturated carbocycles. The lowest BCUT2D eigenvalue weighted by atomic mass is 10.0. The highest BCUT2D eigenvalue weighted by Gasteiger charge is 2.15. The summed E-state index contributed by atoms with van der Waals surface area (Å²) in [5, 5.41) is 19.6. The lowest BCUT2D eigenvalue weighted by Gasteiger charge is -2.09. The van der Waals surface area contributed by atoms with Gasteiger partial charge < -0.3 is 9.84 Å². The van der Waals surface area contributed by atoms with Crippen LogP contribution in [0.15, 0.2) is 24.3 Å². The number of phenolic OH excluding ortho intramolecular Hbond substituents is 1. The van der Waals surface area contributed by atoms with Crippen molar-refractivity contribution >= 4 is 33.1 Å². The number of aromatic hydroxyl groups is 1. The second-order valence-corrected chi connectivity index (χ2v) is 4.37. The van der Waals surface area contributed by atoms with Gasteiger partial charge in [0.1, 0.15) is 11.6 Å². The molecule has 1 aromatic heterocycles. The van der Waals surface area contributed by atoms with E-state index >= 15 is 0 Å². The minimum absolute atomic E-state index is 0.000506. The Morgan fingerprint density at radius 1 is 1.16 bits per heavy atom. The summed E-state index contributed by atoms with van der Waals surface area (Å²) in [5.41, 5.74) is 0. The summed E-state index contributed by atoms with van der Waals surface area (Å²) >= 11 is 5.96. The van der Waals surface area contributed by atoms with E-state index in [4.69, 9.17) is 16.3 Å². The summed E-state index contributed by atoms with van der Waals surface area (Å²) in [6.07, 6.45) is 0. The molecule has 0 saturated heterocycles. The van der Waals surface area contributed by atoms with Crippen LogP contribution in [0.5, 0.6) is 11.6 Å². The number of fused-ring (bicyclic) bond motifs is 3. The van der Waals surface area contributed by atoms with Gasteiger partial charge in [-0.05, 0) is 24.3 Å². The predicted molar refractivity (Wildman–Crippen MR) is 70.2 cm³/mol. The first-order valence-corrected chi connectivity index (χ1v) is 5.80. The van der Waals surface area contributed by atoms with E-state index in [1.807, 2.05) is 0 Å². The maximum absolute atomic E-state index is 13.4. The number of nitrogens with zero attached hydrogens (tertiary/aromatic N) is 2. The number of methoxy groups -OCH3 is 1. The van der Waals surface area contributed by atoms with Crippen molar-refractivity contribution in [2.24, 2.45) is 0 Å². The summed E-state index contributed by atoms with van der Waals surface area (Å²) in [6, 6.07) is 5.54. The van der Waals surface area contributed by atoms with Crippen molar-refractivity contribution in [1.29, 1.82) is 0 Å². The average molecular weight is 279 g/mol. The Hall–Kier alpha value is -2.14. The molecule has 3 rings (SSSR count). The van der Waals surface area contributed by atoms with Crippen LogP contribution >= 0.6 is 11.6 Å². The van der Waals surface area contributed by atoms with Gasteiger partial charge in [0.25, 0.3) is 0 Å². The third kappa shape index (κ3) is 1.74. The summed E-state index contributed by atoms with van der Waals surface area (Å²) in [6.45, 7) is 0. The van der Waals surface area contributed by atoms with Gasteiger partial charge in [-0.1, -0.05) is 11.6 Å². The topological polar surface area (TPSA) is 55.2 Å². The maximum Gasteiger partial charge on any atom is 0.241 e. The quantitative estimate of drug-likeness (QED) is 0.694. The molecule has 0 spiro atoms. The fraction of sp³-hybridized carbons (Fsp3) is 0.0769. The number of hydrogen-bond acceptors (Lipinski definition) is 4. The van der Waals surface area contributed by atoms with Crippen LogP contribution in [0.4, 0.5) is 4.39 Å². The smallest absolute Gasteiger partial charge is 0.241 e. The molecule has 0 aliphatic rings. The zero-order valence-electron chi connectivity index (χ0n) is 9.82. The molecule has 19 heavy (non-hydrogen) atoms. The lowest BCUT2D eigenvalue weighted by molar-refractivity contribution is 0.398. The van der Waals surface area contributed by atoms with E-state index in [1.165, 1.54) is 31.4 Å². The molecule has 0 aliphatic carbocycles. The molecule has 0 atom stereocenters. The third-order valence-corrected chi connectivity index (χ3v) is 3.21. The van der Waals surface area contributed by atoms with Crippen molar-refractivity contribution in [1.82, 2.24) is 10.2 Å². The Balaban J connectivity index is 2.63. The number of aromatic nitrogens is 2. The molecule has 1 heterocycles. The number of ether oxygens (including phenoxy) is 1. The van der Waals surface area contributed by atoms with Gasteiger partial charge in [-0.25, -0.2) is 4.39 Å². The zero-order chi connectivity index (χ0) is 13.6. The Bertz CT molecular complexity index is 808. The van der Waals surface area contributed by atoms with Gasteiger partial charge in [0.2, 0.25) is 5.88 Å². The normalized spacial score (nSPS) is 11.1. The van der Waals surface area contributed by atoms with Crippen molar-refractivity contribution in [3.8, 4) is 11.6 Å². The average Bonchev–Trinajstić information content (AvgIpc) is 2.40. The molecule has 0 aliphatic heterocycles. The molecule has 2 aromatic carbocycles. The van der Waals surface area contributed by atoms with Gasteiger partial charge in [0.05, 0.1) is 12.5 Å². The molecule has 6 heteroatoms. The summed E-state index contributed by atoms with van der Waals surface area (Å²) in [5.74, 6) is -0.191. The molecule has 0 radical (unpaired) electrons. The van der Waals surface area contributed by atoms with Crippen molar-refractivity contribution in [2.75, 3.05) is 7.11 Å². The Kier molecular flexibility index (Phi) is 2.64. The van der Waals surface area contributed by atoms with Crippen LogP contribution in [0, 0.1) is 5.82 Å².